The number of fused-ring (bicyclic) bond motifs is 1. The molecule has 7 heteroatoms. The molecule has 0 saturated heterocycles. The highest BCUT2D eigenvalue weighted by atomic mass is 28.3. The molecule has 3 rings (SSSR count). The third-order valence-corrected chi connectivity index (χ3v) is 5.54. The SMILES string of the molecule is Cc1ncc(-c2nn(COCC[Si](C)(C)C)c3ccc(N)cc23)o1. The Hall–Kier alpha value is -2.12. The maximum absolute atomic E-state index is 5.94. The van der Waals surface area contributed by atoms with E-state index in [9.17, 15) is 0 Å². The highest BCUT2D eigenvalue weighted by Gasteiger charge is 2.17. The van der Waals surface area contributed by atoms with Crippen molar-refractivity contribution in [1.29, 1.82) is 0 Å². The molecule has 2 heterocycles. The lowest BCUT2D eigenvalue weighted by Crippen LogP contribution is -2.22. The highest BCUT2D eigenvalue weighted by molar-refractivity contribution is 6.76. The zero-order chi connectivity index (χ0) is 17.3. The predicted molar refractivity (Wildman–Crippen MR) is 98.5 cm³/mol. The van der Waals surface area contributed by atoms with Crippen molar-refractivity contribution in [3.63, 3.8) is 0 Å². The van der Waals surface area contributed by atoms with Gasteiger partial charge in [-0.15, -0.1) is 0 Å². The summed E-state index contributed by atoms with van der Waals surface area (Å²) in [5.41, 5.74) is 8.35. The number of rotatable bonds is 6. The third-order valence-electron chi connectivity index (χ3n) is 3.84. The fourth-order valence-electron chi connectivity index (χ4n) is 2.48. The van der Waals surface area contributed by atoms with Crippen molar-refractivity contribution in [1.82, 2.24) is 14.8 Å². The topological polar surface area (TPSA) is 79.1 Å². The molecule has 0 aliphatic heterocycles. The number of anilines is 1. The number of ether oxygens (including phenoxy) is 1. The second-order valence-corrected chi connectivity index (χ2v) is 12.8. The molecular formula is C17H24N4O2Si. The number of nitrogens with two attached hydrogens (primary N) is 1. The van der Waals surface area contributed by atoms with E-state index >= 15 is 0 Å². The third kappa shape index (κ3) is 3.68. The Morgan fingerprint density at radius 3 is 2.75 bits per heavy atom. The van der Waals surface area contributed by atoms with Crippen LogP contribution in [0, 0.1) is 6.92 Å². The van der Waals surface area contributed by atoms with Gasteiger partial charge in [-0.05, 0) is 24.2 Å². The fraction of sp³-hybridized carbons (Fsp3) is 0.412. The monoisotopic (exact) mass is 344 g/mol. The van der Waals surface area contributed by atoms with Crippen molar-refractivity contribution in [2.45, 2.75) is 39.3 Å². The minimum Gasteiger partial charge on any atom is -0.439 e. The van der Waals surface area contributed by atoms with Crippen LogP contribution in [0.4, 0.5) is 5.69 Å². The number of aromatic nitrogens is 3. The Morgan fingerprint density at radius 2 is 2.08 bits per heavy atom. The molecule has 6 nitrogen and oxygen atoms in total. The molecule has 3 aromatic rings. The molecule has 0 aliphatic carbocycles. The number of hydrogen-bond donors (Lipinski definition) is 1. The Labute approximate surface area is 142 Å². The number of hydrogen-bond acceptors (Lipinski definition) is 5. The second-order valence-electron chi connectivity index (χ2n) is 7.22. The Morgan fingerprint density at radius 1 is 1.29 bits per heavy atom. The van der Waals surface area contributed by atoms with Gasteiger partial charge in [0.1, 0.15) is 12.4 Å². The quantitative estimate of drug-likeness (QED) is 0.417. The van der Waals surface area contributed by atoms with Gasteiger partial charge in [0.25, 0.3) is 0 Å². The number of nitrogens with zero attached hydrogens (tertiary/aromatic N) is 3. The molecule has 0 bridgehead atoms. The van der Waals surface area contributed by atoms with Gasteiger partial charge in [-0.25, -0.2) is 9.67 Å². The van der Waals surface area contributed by atoms with Crippen molar-refractivity contribution in [2.24, 2.45) is 0 Å². The van der Waals surface area contributed by atoms with Crippen LogP contribution in [0.25, 0.3) is 22.4 Å². The second kappa shape index (κ2) is 6.41. The summed E-state index contributed by atoms with van der Waals surface area (Å²) < 4.78 is 13.3. The number of nitrogen functional groups attached to an aromatic ring is 1. The largest absolute Gasteiger partial charge is 0.439 e. The molecule has 24 heavy (non-hydrogen) atoms. The van der Waals surface area contributed by atoms with Gasteiger partial charge >= 0.3 is 0 Å². The van der Waals surface area contributed by atoms with Gasteiger partial charge in [0.2, 0.25) is 0 Å². The molecule has 2 aromatic heterocycles. The van der Waals surface area contributed by atoms with Gasteiger partial charge in [-0.1, -0.05) is 19.6 Å². The molecule has 2 N–H and O–H groups in total. The van der Waals surface area contributed by atoms with Crippen molar-refractivity contribution in [3.05, 3.63) is 30.3 Å². The van der Waals surface area contributed by atoms with Gasteiger partial charge < -0.3 is 14.9 Å². The van der Waals surface area contributed by atoms with E-state index in [1.165, 1.54) is 0 Å². The van der Waals surface area contributed by atoms with E-state index in [4.69, 9.17) is 14.9 Å². The van der Waals surface area contributed by atoms with Gasteiger partial charge in [-0.3, -0.25) is 0 Å². The maximum atomic E-state index is 5.94. The van der Waals surface area contributed by atoms with Gasteiger partial charge in [0, 0.05) is 32.7 Å². The summed E-state index contributed by atoms with van der Waals surface area (Å²) in [5, 5.41) is 5.61. The summed E-state index contributed by atoms with van der Waals surface area (Å²) in [5.74, 6) is 1.26. The molecule has 0 aliphatic rings. The van der Waals surface area contributed by atoms with Crippen molar-refractivity contribution < 1.29 is 9.15 Å². The molecule has 0 amide bonds. The summed E-state index contributed by atoms with van der Waals surface area (Å²) in [6.07, 6.45) is 1.69. The average molecular weight is 344 g/mol. The summed E-state index contributed by atoms with van der Waals surface area (Å²) in [4.78, 5) is 4.16. The maximum Gasteiger partial charge on any atom is 0.191 e. The number of oxazole rings is 1. The van der Waals surface area contributed by atoms with Crippen LogP contribution in [0.3, 0.4) is 0 Å². The van der Waals surface area contributed by atoms with E-state index in [1.807, 2.05) is 29.8 Å². The summed E-state index contributed by atoms with van der Waals surface area (Å²) in [7, 11) is -1.10. The first-order valence-corrected chi connectivity index (χ1v) is 11.8. The zero-order valence-corrected chi connectivity index (χ0v) is 15.7. The van der Waals surface area contributed by atoms with Crippen molar-refractivity contribution in [2.75, 3.05) is 12.3 Å². The first-order chi connectivity index (χ1) is 11.3. The first kappa shape index (κ1) is 16.7. The molecule has 0 fully saturated rings. The number of benzene rings is 1. The summed E-state index contributed by atoms with van der Waals surface area (Å²) >= 11 is 0. The minimum atomic E-state index is -1.10. The minimum absolute atomic E-state index is 0.415. The summed E-state index contributed by atoms with van der Waals surface area (Å²) in [6.45, 7) is 10.0. The Balaban J connectivity index is 1.88. The average Bonchev–Trinajstić information content (AvgIpc) is 3.06. The van der Waals surface area contributed by atoms with E-state index < -0.39 is 8.07 Å². The zero-order valence-electron chi connectivity index (χ0n) is 14.7. The van der Waals surface area contributed by atoms with Crippen molar-refractivity contribution >= 4 is 24.7 Å². The van der Waals surface area contributed by atoms with Crippen molar-refractivity contribution in [3.8, 4) is 11.5 Å². The fourth-order valence-corrected chi connectivity index (χ4v) is 3.23. The van der Waals surface area contributed by atoms with Gasteiger partial charge in [0.05, 0.1) is 11.7 Å². The van der Waals surface area contributed by atoms with Crippen LogP contribution in [0.15, 0.2) is 28.8 Å². The molecule has 128 valence electrons. The molecule has 0 unspecified atom stereocenters. The van der Waals surface area contributed by atoms with E-state index in [0.717, 1.165) is 29.2 Å². The molecule has 0 saturated carbocycles. The van der Waals surface area contributed by atoms with Crippen LogP contribution in [-0.2, 0) is 11.5 Å². The highest BCUT2D eigenvalue weighted by Crippen LogP contribution is 2.30. The van der Waals surface area contributed by atoms with E-state index in [1.54, 1.807) is 6.20 Å². The lowest BCUT2D eigenvalue weighted by Gasteiger charge is -2.15. The van der Waals surface area contributed by atoms with Crippen LogP contribution in [0.1, 0.15) is 5.89 Å². The van der Waals surface area contributed by atoms with E-state index in [-0.39, 0.29) is 0 Å². The van der Waals surface area contributed by atoms with Crippen LogP contribution in [-0.4, -0.2) is 29.4 Å². The van der Waals surface area contributed by atoms with Crippen LogP contribution in [0.5, 0.6) is 0 Å². The van der Waals surface area contributed by atoms with E-state index in [0.29, 0.717) is 24.1 Å². The smallest absolute Gasteiger partial charge is 0.191 e. The van der Waals surface area contributed by atoms with Crippen LogP contribution >= 0.6 is 0 Å². The van der Waals surface area contributed by atoms with Gasteiger partial charge in [0.15, 0.2) is 11.7 Å². The van der Waals surface area contributed by atoms with Crippen LogP contribution < -0.4 is 5.73 Å². The Kier molecular flexibility index (Phi) is 4.47. The number of aryl methyl sites for hydroxylation is 1. The molecule has 0 atom stereocenters. The van der Waals surface area contributed by atoms with Crippen LogP contribution in [0.2, 0.25) is 25.7 Å². The van der Waals surface area contributed by atoms with Gasteiger partial charge in [-0.2, -0.15) is 5.10 Å². The normalized spacial score (nSPS) is 12.2. The lowest BCUT2D eigenvalue weighted by molar-refractivity contribution is 0.0818. The molecular weight excluding hydrogens is 320 g/mol. The molecule has 1 aromatic carbocycles. The molecule has 0 spiro atoms. The van der Waals surface area contributed by atoms with E-state index in [2.05, 4.69) is 29.7 Å². The standard InChI is InChI=1S/C17H24N4O2Si/c1-12-19-10-16(23-12)17-14-9-13(18)5-6-15(14)21(20-17)11-22-7-8-24(2,3)4/h5-6,9-10H,7-8,11,18H2,1-4H3. The molecule has 0 radical (unpaired) electrons. The first-order valence-electron chi connectivity index (χ1n) is 8.10. The Bertz CT molecular complexity index is 848. The lowest BCUT2D eigenvalue weighted by atomic mass is 10.1. The summed E-state index contributed by atoms with van der Waals surface area (Å²) in [6, 6.07) is 6.88. The predicted octanol–water partition coefficient (Wildman–Crippen LogP) is 3.89.